The molecule has 1 aromatic heterocycles. The number of rotatable bonds is 5. The van der Waals surface area contributed by atoms with Gasteiger partial charge in [0, 0.05) is 17.1 Å². The van der Waals surface area contributed by atoms with Crippen molar-refractivity contribution in [3.8, 4) is 0 Å². The van der Waals surface area contributed by atoms with Crippen molar-refractivity contribution in [3.05, 3.63) is 47.1 Å². The minimum Gasteiger partial charge on any atom is -0.340 e. The van der Waals surface area contributed by atoms with Gasteiger partial charge in [-0.25, -0.2) is 4.98 Å². The molecule has 2 N–H and O–H groups in total. The molecule has 0 atom stereocenters. The Morgan fingerprint density at radius 1 is 1.29 bits per heavy atom. The van der Waals surface area contributed by atoms with Gasteiger partial charge in [0.15, 0.2) is 0 Å². The van der Waals surface area contributed by atoms with Gasteiger partial charge in [-0.05, 0) is 43.2 Å². The zero-order chi connectivity index (χ0) is 15.2. The van der Waals surface area contributed by atoms with Crippen LogP contribution in [0.25, 0.3) is 0 Å². The highest BCUT2D eigenvalue weighted by molar-refractivity contribution is 6.31. The van der Waals surface area contributed by atoms with Crippen molar-refractivity contribution in [1.82, 2.24) is 4.98 Å². The maximum Gasteiger partial charge on any atom is 0.224 e. The lowest BCUT2D eigenvalue weighted by Crippen LogP contribution is -2.10. The molecular weight excluding hydrogens is 286 g/mol. The van der Waals surface area contributed by atoms with E-state index in [0.717, 1.165) is 17.7 Å². The molecule has 2 rings (SSSR count). The van der Waals surface area contributed by atoms with Crippen LogP contribution in [-0.2, 0) is 4.79 Å². The molecule has 0 fully saturated rings. The molecule has 0 radical (unpaired) electrons. The Bertz CT molecular complexity index is 626. The first kappa shape index (κ1) is 15.3. The Morgan fingerprint density at radius 3 is 2.76 bits per heavy atom. The van der Waals surface area contributed by atoms with Gasteiger partial charge < -0.3 is 10.6 Å². The maximum absolute atomic E-state index is 11.5. The van der Waals surface area contributed by atoms with Gasteiger partial charge in [-0.1, -0.05) is 24.6 Å². The summed E-state index contributed by atoms with van der Waals surface area (Å²) in [4.78, 5) is 15.8. The second kappa shape index (κ2) is 7.09. The van der Waals surface area contributed by atoms with Gasteiger partial charge >= 0.3 is 0 Å². The number of carbonyl (C=O) groups excluding carboxylic acids is 1. The van der Waals surface area contributed by atoms with Crippen LogP contribution in [0.2, 0.25) is 5.02 Å². The van der Waals surface area contributed by atoms with E-state index in [1.807, 2.05) is 44.2 Å². The molecule has 4 nitrogen and oxygen atoms in total. The number of carbonyl (C=O) groups is 1. The van der Waals surface area contributed by atoms with Crippen LogP contribution in [0.5, 0.6) is 0 Å². The lowest BCUT2D eigenvalue weighted by atomic mass is 10.2. The number of halogens is 1. The molecule has 1 amide bonds. The number of nitrogens with zero attached hydrogens (tertiary/aromatic N) is 1. The normalized spacial score (nSPS) is 10.2. The summed E-state index contributed by atoms with van der Waals surface area (Å²) in [5, 5.41) is 6.73. The summed E-state index contributed by atoms with van der Waals surface area (Å²) in [6, 6.07) is 9.32. The molecule has 0 bridgehead atoms. The van der Waals surface area contributed by atoms with Crippen molar-refractivity contribution in [2.45, 2.75) is 26.7 Å². The van der Waals surface area contributed by atoms with Gasteiger partial charge in [-0.3, -0.25) is 4.79 Å². The molecule has 0 aliphatic heterocycles. The highest BCUT2D eigenvalue weighted by Crippen LogP contribution is 2.25. The molecule has 21 heavy (non-hydrogen) atoms. The molecule has 2 aromatic rings. The second-order valence-electron chi connectivity index (χ2n) is 4.77. The van der Waals surface area contributed by atoms with Gasteiger partial charge in [-0.15, -0.1) is 0 Å². The quantitative estimate of drug-likeness (QED) is 0.853. The average molecular weight is 304 g/mol. The number of aromatic nitrogens is 1. The topological polar surface area (TPSA) is 54.0 Å². The number of hydrogen-bond acceptors (Lipinski definition) is 3. The summed E-state index contributed by atoms with van der Waals surface area (Å²) in [7, 11) is 0. The van der Waals surface area contributed by atoms with E-state index in [0.29, 0.717) is 22.9 Å². The van der Waals surface area contributed by atoms with Gasteiger partial charge in [-0.2, -0.15) is 0 Å². The van der Waals surface area contributed by atoms with Crippen LogP contribution in [0, 0.1) is 6.92 Å². The molecule has 0 aliphatic carbocycles. The lowest BCUT2D eigenvalue weighted by molar-refractivity contribution is -0.116. The molecule has 0 spiro atoms. The summed E-state index contributed by atoms with van der Waals surface area (Å²) in [5.41, 5.74) is 2.58. The van der Waals surface area contributed by atoms with Gasteiger partial charge in [0.25, 0.3) is 0 Å². The predicted molar refractivity (Wildman–Crippen MR) is 87.2 cm³/mol. The third-order valence-corrected chi connectivity index (χ3v) is 3.46. The summed E-state index contributed by atoms with van der Waals surface area (Å²) < 4.78 is 0. The van der Waals surface area contributed by atoms with E-state index in [9.17, 15) is 4.79 Å². The van der Waals surface area contributed by atoms with Crippen LogP contribution in [0.1, 0.15) is 25.3 Å². The van der Waals surface area contributed by atoms with Crippen LogP contribution in [0.4, 0.5) is 17.2 Å². The van der Waals surface area contributed by atoms with Crippen molar-refractivity contribution >= 4 is 34.7 Å². The summed E-state index contributed by atoms with van der Waals surface area (Å²) in [6.45, 7) is 3.92. The summed E-state index contributed by atoms with van der Waals surface area (Å²) in [6.07, 6.45) is 2.98. The van der Waals surface area contributed by atoms with Crippen LogP contribution >= 0.6 is 11.6 Å². The van der Waals surface area contributed by atoms with Crippen molar-refractivity contribution in [2.24, 2.45) is 0 Å². The Hall–Kier alpha value is -2.07. The average Bonchev–Trinajstić information content (AvgIpc) is 2.46. The first-order valence-electron chi connectivity index (χ1n) is 6.88. The van der Waals surface area contributed by atoms with Crippen LogP contribution in [0.3, 0.4) is 0 Å². The fourth-order valence-electron chi connectivity index (χ4n) is 1.87. The number of hydrogen-bond donors (Lipinski definition) is 2. The molecule has 0 saturated heterocycles. The van der Waals surface area contributed by atoms with Crippen molar-refractivity contribution in [1.29, 1.82) is 0 Å². The molecule has 0 aliphatic rings. The van der Waals surface area contributed by atoms with Crippen molar-refractivity contribution in [3.63, 3.8) is 0 Å². The number of amides is 1. The minimum absolute atomic E-state index is 0.00527. The first-order chi connectivity index (χ1) is 10.1. The number of pyridine rings is 1. The molecule has 1 heterocycles. The Balaban J connectivity index is 2.05. The second-order valence-corrected chi connectivity index (χ2v) is 5.17. The van der Waals surface area contributed by atoms with Gasteiger partial charge in [0.05, 0.1) is 11.9 Å². The van der Waals surface area contributed by atoms with Crippen molar-refractivity contribution < 1.29 is 4.79 Å². The van der Waals surface area contributed by atoms with E-state index in [2.05, 4.69) is 15.6 Å². The third-order valence-electron chi connectivity index (χ3n) is 3.05. The third kappa shape index (κ3) is 4.20. The fourth-order valence-corrected chi connectivity index (χ4v) is 2.05. The highest BCUT2D eigenvalue weighted by atomic mass is 35.5. The zero-order valence-electron chi connectivity index (χ0n) is 12.1. The van der Waals surface area contributed by atoms with E-state index >= 15 is 0 Å². The van der Waals surface area contributed by atoms with Crippen LogP contribution < -0.4 is 10.6 Å². The maximum atomic E-state index is 11.5. The van der Waals surface area contributed by atoms with Crippen LogP contribution in [-0.4, -0.2) is 10.9 Å². The van der Waals surface area contributed by atoms with E-state index in [4.69, 9.17) is 11.6 Å². The lowest BCUT2D eigenvalue weighted by Gasteiger charge is -2.10. The smallest absolute Gasteiger partial charge is 0.224 e. The van der Waals surface area contributed by atoms with Gasteiger partial charge in [0.1, 0.15) is 5.82 Å². The molecule has 0 saturated carbocycles. The molecule has 5 heteroatoms. The van der Waals surface area contributed by atoms with Crippen molar-refractivity contribution in [2.75, 3.05) is 10.6 Å². The first-order valence-corrected chi connectivity index (χ1v) is 7.26. The molecule has 110 valence electrons. The van der Waals surface area contributed by atoms with E-state index in [1.165, 1.54) is 0 Å². The van der Waals surface area contributed by atoms with E-state index in [-0.39, 0.29) is 5.91 Å². The predicted octanol–water partition coefficient (Wildman–Crippen LogP) is 4.53. The SMILES string of the molecule is CCCC(=O)Nc1ccc(Nc2cccc(Cl)c2C)nc1. The van der Waals surface area contributed by atoms with Crippen LogP contribution in [0.15, 0.2) is 36.5 Å². The zero-order valence-corrected chi connectivity index (χ0v) is 12.9. The Kier molecular flexibility index (Phi) is 5.17. The molecule has 1 aromatic carbocycles. The minimum atomic E-state index is 0.00527. The molecule has 0 unspecified atom stereocenters. The monoisotopic (exact) mass is 303 g/mol. The highest BCUT2D eigenvalue weighted by Gasteiger charge is 2.04. The largest absolute Gasteiger partial charge is 0.340 e. The summed E-state index contributed by atoms with van der Waals surface area (Å²) >= 11 is 6.08. The molecular formula is C16H18ClN3O. The van der Waals surface area contributed by atoms with Gasteiger partial charge in [0.2, 0.25) is 5.91 Å². The van der Waals surface area contributed by atoms with E-state index in [1.54, 1.807) is 6.20 Å². The number of anilines is 3. The standard InChI is InChI=1S/C16H18ClN3O/c1-3-5-16(21)19-12-8-9-15(18-10-12)20-14-7-4-6-13(17)11(14)2/h4,6-10H,3,5H2,1-2H3,(H,18,20)(H,19,21). The summed E-state index contributed by atoms with van der Waals surface area (Å²) in [5.74, 6) is 0.708. The Morgan fingerprint density at radius 2 is 2.10 bits per heavy atom. The number of benzene rings is 1. The number of nitrogens with one attached hydrogen (secondary N) is 2. The Labute approximate surface area is 129 Å². The fraction of sp³-hybridized carbons (Fsp3) is 0.250. The van der Waals surface area contributed by atoms with E-state index < -0.39 is 0 Å².